The Bertz CT molecular complexity index is 471. The number of rotatable bonds is 3. The van der Waals surface area contributed by atoms with E-state index in [1.807, 2.05) is 37.3 Å². The van der Waals surface area contributed by atoms with Gasteiger partial charge in [0.15, 0.2) is 0 Å². The average Bonchev–Trinajstić information content (AvgIpc) is 2.83. The molecule has 2 nitrogen and oxygen atoms in total. The van der Waals surface area contributed by atoms with E-state index < -0.39 is 0 Å². The highest BCUT2D eigenvalue weighted by molar-refractivity contribution is 7.12. The summed E-state index contributed by atoms with van der Waals surface area (Å²) >= 11 is 1.70. The minimum absolute atomic E-state index is 0.854. The van der Waals surface area contributed by atoms with Gasteiger partial charge in [-0.2, -0.15) is 0 Å². The van der Waals surface area contributed by atoms with Crippen LogP contribution in [0.15, 0.2) is 46.8 Å². The molecule has 0 unspecified atom stereocenters. The second-order valence-electron chi connectivity index (χ2n) is 3.37. The first-order chi connectivity index (χ1) is 7.79. The second kappa shape index (κ2) is 4.94. The van der Waals surface area contributed by atoms with Gasteiger partial charge in [0, 0.05) is 4.88 Å². The molecule has 0 spiro atoms. The SMILES string of the molecule is COc1ccc(N=C(C)c2cccs2)cc1. The second-order valence-corrected chi connectivity index (χ2v) is 4.32. The normalized spacial score (nSPS) is 11.5. The fraction of sp³-hybridized carbons (Fsp3) is 0.154. The van der Waals surface area contributed by atoms with E-state index in [9.17, 15) is 0 Å². The van der Waals surface area contributed by atoms with Crippen molar-refractivity contribution < 1.29 is 4.74 Å². The Balaban J connectivity index is 2.22. The lowest BCUT2D eigenvalue weighted by Crippen LogP contribution is -1.88. The molecule has 0 bridgehead atoms. The molecular weight excluding hydrogens is 218 g/mol. The van der Waals surface area contributed by atoms with Gasteiger partial charge in [-0.1, -0.05) is 6.07 Å². The van der Waals surface area contributed by atoms with E-state index in [2.05, 4.69) is 16.4 Å². The first-order valence-electron chi connectivity index (χ1n) is 5.03. The molecule has 0 fully saturated rings. The summed E-state index contributed by atoms with van der Waals surface area (Å²) in [5.74, 6) is 0.854. The van der Waals surface area contributed by atoms with Crippen LogP contribution in [-0.4, -0.2) is 12.8 Å². The zero-order chi connectivity index (χ0) is 11.4. The summed E-state index contributed by atoms with van der Waals surface area (Å²) < 4.78 is 5.10. The highest BCUT2D eigenvalue weighted by atomic mass is 32.1. The lowest BCUT2D eigenvalue weighted by molar-refractivity contribution is 0.415. The average molecular weight is 231 g/mol. The molecule has 16 heavy (non-hydrogen) atoms. The van der Waals surface area contributed by atoms with Gasteiger partial charge in [-0.3, -0.25) is 4.99 Å². The summed E-state index contributed by atoms with van der Waals surface area (Å²) in [7, 11) is 1.66. The van der Waals surface area contributed by atoms with Crippen molar-refractivity contribution in [3.63, 3.8) is 0 Å². The van der Waals surface area contributed by atoms with Crippen molar-refractivity contribution in [3.05, 3.63) is 46.7 Å². The fourth-order valence-electron chi connectivity index (χ4n) is 1.39. The van der Waals surface area contributed by atoms with Crippen molar-refractivity contribution in [2.24, 2.45) is 4.99 Å². The summed E-state index contributed by atoms with van der Waals surface area (Å²) in [5, 5.41) is 2.06. The van der Waals surface area contributed by atoms with E-state index in [-0.39, 0.29) is 0 Å². The molecule has 1 aromatic carbocycles. The highest BCUT2D eigenvalue weighted by Crippen LogP contribution is 2.20. The summed E-state index contributed by atoms with van der Waals surface area (Å²) in [5.41, 5.74) is 1.99. The number of nitrogens with zero attached hydrogens (tertiary/aromatic N) is 1. The Morgan fingerprint density at radius 2 is 1.94 bits per heavy atom. The van der Waals surface area contributed by atoms with Crippen LogP contribution in [-0.2, 0) is 0 Å². The molecule has 0 aliphatic heterocycles. The maximum Gasteiger partial charge on any atom is 0.119 e. The van der Waals surface area contributed by atoms with Gasteiger partial charge < -0.3 is 4.74 Å². The molecule has 2 rings (SSSR count). The number of hydrogen-bond acceptors (Lipinski definition) is 3. The Kier molecular flexibility index (Phi) is 3.37. The van der Waals surface area contributed by atoms with Gasteiger partial charge in [0.1, 0.15) is 5.75 Å². The molecular formula is C13H13NOS. The summed E-state index contributed by atoms with van der Waals surface area (Å²) in [6.07, 6.45) is 0. The third-order valence-corrected chi connectivity index (χ3v) is 3.23. The van der Waals surface area contributed by atoms with Crippen molar-refractivity contribution in [2.75, 3.05) is 7.11 Å². The fourth-order valence-corrected chi connectivity index (χ4v) is 2.07. The van der Waals surface area contributed by atoms with Crippen LogP contribution in [0.25, 0.3) is 0 Å². The van der Waals surface area contributed by atoms with E-state index in [1.165, 1.54) is 4.88 Å². The zero-order valence-corrected chi connectivity index (χ0v) is 10.1. The predicted octanol–water partition coefficient (Wildman–Crippen LogP) is 3.90. The molecule has 1 heterocycles. The van der Waals surface area contributed by atoms with Crippen LogP contribution in [0.1, 0.15) is 11.8 Å². The Labute approximate surface area is 99.2 Å². The van der Waals surface area contributed by atoms with Gasteiger partial charge in [-0.25, -0.2) is 0 Å². The third-order valence-electron chi connectivity index (χ3n) is 2.25. The van der Waals surface area contributed by atoms with Crippen molar-refractivity contribution in [1.82, 2.24) is 0 Å². The van der Waals surface area contributed by atoms with Gasteiger partial charge in [0.05, 0.1) is 18.5 Å². The maximum absolute atomic E-state index is 5.10. The lowest BCUT2D eigenvalue weighted by Gasteiger charge is -2.00. The van der Waals surface area contributed by atoms with E-state index in [0.29, 0.717) is 0 Å². The van der Waals surface area contributed by atoms with E-state index in [1.54, 1.807) is 18.4 Å². The van der Waals surface area contributed by atoms with Gasteiger partial charge in [0.25, 0.3) is 0 Å². The maximum atomic E-state index is 5.10. The first-order valence-corrected chi connectivity index (χ1v) is 5.91. The number of thiophene rings is 1. The van der Waals surface area contributed by atoms with Crippen LogP contribution in [0.5, 0.6) is 5.75 Å². The van der Waals surface area contributed by atoms with Crippen LogP contribution < -0.4 is 4.74 Å². The van der Waals surface area contributed by atoms with Crippen LogP contribution in [0, 0.1) is 0 Å². The van der Waals surface area contributed by atoms with Crippen molar-refractivity contribution in [3.8, 4) is 5.75 Å². The van der Waals surface area contributed by atoms with Gasteiger partial charge in [-0.05, 0) is 42.6 Å². The van der Waals surface area contributed by atoms with E-state index in [4.69, 9.17) is 4.74 Å². The molecule has 0 aliphatic rings. The molecule has 0 atom stereocenters. The smallest absolute Gasteiger partial charge is 0.119 e. The Morgan fingerprint density at radius 1 is 1.19 bits per heavy atom. The number of aliphatic imine (C=N–C) groups is 1. The van der Waals surface area contributed by atoms with Crippen molar-refractivity contribution >= 4 is 22.7 Å². The predicted molar refractivity (Wildman–Crippen MR) is 69.2 cm³/mol. The molecule has 0 aliphatic carbocycles. The monoisotopic (exact) mass is 231 g/mol. The minimum Gasteiger partial charge on any atom is -0.497 e. The van der Waals surface area contributed by atoms with Crippen LogP contribution in [0.3, 0.4) is 0 Å². The summed E-state index contributed by atoms with van der Waals surface area (Å²) in [4.78, 5) is 5.75. The molecule has 0 N–H and O–H groups in total. The zero-order valence-electron chi connectivity index (χ0n) is 9.31. The van der Waals surface area contributed by atoms with E-state index >= 15 is 0 Å². The highest BCUT2D eigenvalue weighted by Gasteiger charge is 1.98. The largest absolute Gasteiger partial charge is 0.497 e. The Hall–Kier alpha value is -1.61. The van der Waals surface area contributed by atoms with Crippen LogP contribution in [0.4, 0.5) is 5.69 Å². The molecule has 0 saturated heterocycles. The number of benzene rings is 1. The topological polar surface area (TPSA) is 21.6 Å². The molecule has 0 amide bonds. The summed E-state index contributed by atoms with van der Waals surface area (Å²) in [6, 6.07) is 11.9. The summed E-state index contributed by atoms with van der Waals surface area (Å²) in [6.45, 7) is 2.02. The van der Waals surface area contributed by atoms with Gasteiger partial charge in [0.2, 0.25) is 0 Å². The molecule has 82 valence electrons. The molecule has 3 heteroatoms. The number of hydrogen-bond donors (Lipinski definition) is 0. The quantitative estimate of drug-likeness (QED) is 0.734. The molecule has 2 aromatic rings. The van der Waals surface area contributed by atoms with Crippen molar-refractivity contribution in [2.45, 2.75) is 6.92 Å². The van der Waals surface area contributed by atoms with Crippen LogP contribution in [0.2, 0.25) is 0 Å². The standard InChI is InChI=1S/C13H13NOS/c1-10(13-4-3-9-16-13)14-11-5-7-12(15-2)8-6-11/h3-9H,1-2H3. The first kappa shape index (κ1) is 10.9. The number of methoxy groups -OCH3 is 1. The minimum atomic E-state index is 0.854. The van der Waals surface area contributed by atoms with Crippen molar-refractivity contribution in [1.29, 1.82) is 0 Å². The van der Waals surface area contributed by atoms with E-state index in [0.717, 1.165) is 17.1 Å². The molecule has 1 aromatic heterocycles. The van der Waals surface area contributed by atoms with Crippen LogP contribution >= 0.6 is 11.3 Å². The Morgan fingerprint density at radius 3 is 2.50 bits per heavy atom. The molecule has 0 saturated carbocycles. The van der Waals surface area contributed by atoms with Gasteiger partial charge >= 0.3 is 0 Å². The third kappa shape index (κ3) is 2.49. The van der Waals surface area contributed by atoms with Gasteiger partial charge in [-0.15, -0.1) is 11.3 Å². The number of ether oxygens (including phenoxy) is 1. The lowest BCUT2D eigenvalue weighted by atomic mass is 10.3. The molecule has 0 radical (unpaired) electrons.